The van der Waals surface area contributed by atoms with Crippen molar-refractivity contribution < 1.29 is 4.92 Å². The second-order valence-corrected chi connectivity index (χ2v) is 4.51. The van der Waals surface area contributed by atoms with Crippen molar-refractivity contribution in [3.63, 3.8) is 0 Å². The van der Waals surface area contributed by atoms with E-state index in [-0.39, 0.29) is 12.2 Å². The van der Waals surface area contributed by atoms with Crippen molar-refractivity contribution in [3.8, 4) is 0 Å². The van der Waals surface area contributed by atoms with Gasteiger partial charge in [0.2, 0.25) is 0 Å². The summed E-state index contributed by atoms with van der Waals surface area (Å²) in [6, 6.07) is 10.0. The lowest BCUT2D eigenvalue weighted by Crippen LogP contribution is -2.32. The molecule has 2 heterocycles. The third-order valence-corrected chi connectivity index (χ3v) is 3.17. The molecule has 0 saturated heterocycles. The first kappa shape index (κ1) is 13.8. The molecular weight excluding hydrogens is 284 g/mol. The molecule has 0 atom stereocenters. The highest BCUT2D eigenvalue weighted by Crippen LogP contribution is 2.32. The maximum Gasteiger partial charge on any atom is 0.281 e. The fourth-order valence-electron chi connectivity index (χ4n) is 2.22. The van der Waals surface area contributed by atoms with E-state index in [0.717, 1.165) is 0 Å². The number of rotatable bonds is 2. The zero-order valence-corrected chi connectivity index (χ0v) is 11.4. The lowest BCUT2D eigenvalue weighted by molar-refractivity contribution is -0.385. The van der Waals surface area contributed by atoms with Crippen molar-refractivity contribution in [1.82, 2.24) is 10.4 Å². The van der Waals surface area contributed by atoms with E-state index in [1.54, 1.807) is 36.5 Å². The molecule has 8 nitrogen and oxygen atoms in total. The van der Waals surface area contributed by atoms with Gasteiger partial charge in [0, 0.05) is 12.3 Å². The van der Waals surface area contributed by atoms with Crippen molar-refractivity contribution in [2.45, 2.75) is 0 Å². The highest BCUT2D eigenvalue weighted by atomic mass is 16.6. The van der Waals surface area contributed by atoms with Crippen LogP contribution < -0.4 is 11.3 Å². The van der Waals surface area contributed by atoms with Gasteiger partial charge in [-0.3, -0.25) is 20.1 Å². The van der Waals surface area contributed by atoms with Crippen molar-refractivity contribution in [2.75, 3.05) is 6.54 Å². The van der Waals surface area contributed by atoms with E-state index in [1.165, 1.54) is 6.07 Å². The highest BCUT2D eigenvalue weighted by molar-refractivity contribution is 6.18. The van der Waals surface area contributed by atoms with Crippen LogP contribution in [0.2, 0.25) is 0 Å². The van der Waals surface area contributed by atoms with Crippen LogP contribution in [0.15, 0.2) is 52.6 Å². The fourth-order valence-corrected chi connectivity index (χ4v) is 2.22. The first-order valence-corrected chi connectivity index (χ1v) is 6.48. The molecule has 0 fully saturated rings. The number of amidine groups is 1. The summed E-state index contributed by atoms with van der Waals surface area (Å²) in [6.45, 7) is 0.189. The molecule has 0 bridgehead atoms. The molecule has 3 N–H and O–H groups in total. The van der Waals surface area contributed by atoms with Crippen LogP contribution in [0, 0.1) is 10.1 Å². The molecule has 2 aromatic rings. The lowest BCUT2D eigenvalue weighted by atomic mass is 10.0. The van der Waals surface area contributed by atoms with Crippen LogP contribution in [-0.2, 0) is 0 Å². The summed E-state index contributed by atoms with van der Waals surface area (Å²) in [6.07, 6.45) is 1.61. The predicted octanol–water partition coefficient (Wildman–Crippen LogP) is 1.33. The number of nitrogens with zero attached hydrogens (tertiary/aromatic N) is 4. The molecule has 1 aliphatic heterocycles. The molecule has 1 aromatic heterocycles. The van der Waals surface area contributed by atoms with Gasteiger partial charge in [-0.2, -0.15) is 0 Å². The SMILES string of the molecule is NNC1=Nc2cccc([N+](=O)[O-])c2C(c2ccccn2)=NC1. The highest BCUT2D eigenvalue weighted by Gasteiger charge is 2.26. The Hall–Kier alpha value is -3.13. The van der Waals surface area contributed by atoms with E-state index >= 15 is 0 Å². The number of hydrogen-bond acceptors (Lipinski definition) is 7. The van der Waals surface area contributed by atoms with Crippen LogP contribution in [0.1, 0.15) is 11.3 Å². The summed E-state index contributed by atoms with van der Waals surface area (Å²) in [4.78, 5) is 23.9. The van der Waals surface area contributed by atoms with Gasteiger partial charge in [-0.15, -0.1) is 0 Å². The van der Waals surface area contributed by atoms with Gasteiger partial charge in [0.15, 0.2) is 0 Å². The topological polar surface area (TPSA) is 119 Å². The van der Waals surface area contributed by atoms with Crippen LogP contribution in [0.25, 0.3) is 0 Å². The van der Waals surface area contributed by atoms with E-state index in [1.807, 2.05) is 0 Å². The van der Waals surface area contributed by atoms with E-state index in [9.17, 15) is 10.1 Å². The van der Waals surface area contributed by atoms with Gasteiger partial charge in [0.1, 0.15) is 11.4 Å². The molecule has 0 saturated carbocycles. The molecule has 22 heavy (non-hydrogen) atoms. The molecular formula is C14H12N6O2. The summed E-state index contributed by atoms with van der Waals surface area (Å²) in [7, 11) is 0. The zero-order chi connectivity index (χ0) is 15.5. The number of aromatic nitrogens is 1. The van der Waals surface area contributed by atoms with Crippen molar-refractivity contribution in [1.29, 1.82) is 0 Å². The normalized spacial score (nSPS) is 13.5. The zero-order valence-electron chi connectivity index (χ0n) is 11.4. The monoisotopic (exact) mass is 296 g/mol. The third kappa shape index (κ3) is 2.42. The molecule has 0 amide bonds. The predicted molar refractivity (Wildman–Crippen MR) is 82.3 cm³/mol. The summed E-state index contributed by atoms with van der Waals surface area (Å²) >= 11 is 0. The lowest BCUT2D eigenvalue weighted by Gasteiger charge is -2.07. The Morgan fingerprint density at radius 3 is 2.77 bits per heavy atom. The number of nitrogens with two attached hydrogens (primary N) is 1. The van der Waals surface area contributed by atoms with E-state index in [0.29, 0.717) is 28.5 Å². The Labute approximate surface area is 125 Å². The van der Waals surface area contributed by atoms with Crippen molar-refractivity contribution in [2.24, 2.45) is 15.8 Å². The van der Waals surface area contributed by atoms with Crippen molar-refractivity contribution >= 4 is 22.9 Å². The van der Waals surface area contributed by atoms with E-state index < -0.39 is 4.92 Å². The molecule has 0 unspecified atom stereocenters. The number of benzene rings is 1. The molecule has 3 rings (SSSR count). The molecule has 0 radical (unpaired) electrons. The Balaban J connectivity index is 2.28. The number of fused-ring (bicyclic) bond motifs is 1. The van der Waals surface area contributed by atoms with Gasteiger partial charge >= 0.3 is 0 Å². The number of aliphatic imine (C=N–C) groups is 2. The molecule has 1 aliphatic rings. The Morgan fingerprint density at radius 1 is 1.23 bits per heavy atom. The molecule has 8 heteroatoms. The number of hydrogen-bond donors (Lipinski definition) is 2. The van der Waals surface area contributed by atoms with Crippen molar-refractivity contribution in [3.05, 3.63) is 64.0 Å². The average Bonchev–Trinajstić information content (AvgIpc) is 2.74. The average molecular weight is 296 g/mol. The minimum absolute atomic E-state index is 0.0658. The Bertz CT molecular complexity index is 785. The van der Waals surface area contributed by atoms with E-state index in [4.69, 9.17) is 5.84 Å². The van der Waals surface area contributed by atoms with Gasteiger partial charge in [-0.1, -0.05) is 12.1 Å². The smallest absolute Gasteiger partial charge is 0.281 e. The van der Waals surface area contributed by atoms with Gasteiger partial charge in [0.05, 0.1) is 28.6 Å². The third-order valence-electron chi connectivity index (χ3n) is 3.17. The van der Waals surface area contributed by atoms with Gasteiger partial charge < -0.3 is 5.43 Å². The van der Waals surface area contributed by atoms with Gasteiger partial charge in [0.25, 0.3) is 5.69 Å². The first-order chi connectivity index (χ1) is 10.7. The molecule has 0 spiro atoms. The summed E-state index contributed by atoms with van der Waals surface area (Å²) < 4.78 is 0. The maximum atomic E-state index is 11.4. The summed E-state index contributed by atoms with van der Waals surface area (Å²) in [5, 5.41) is 11.4. The van der Waals surface area contributed by atoms with Crippen LogP contribution in [0.4, 0.5) is 11.4 Å². The number of nitrogens with one attached hydrogen (secondary N) is 1. The second kappa shape index (κ2) is 5.70. The standard InChI is InChI=1S/C14H12N6O2/c15-19-12-8-17-14(10-4-1-2-7-16-10)13-9(18-12)5-3-6-11(13)20(21)22/h1-7H,8,15H2,(H,18,19). The maximum absolute atomic E-state index is 11.4. The minimum atomic E-state index is -0.451. The molecule has 1 aromatic carbocycles. The van der Waals surface area contributed by atoms with Crippen LogP contribution in [-0.4, -0.2) is 28.0 Å². The Morgan fingerprint density at radius 2 is 2.09 bits per heavy atom. The van der Waals surface area contributed by atoms with Crippen LogP contribution in [0.3, 0.4) is 0 Å². The quantitative estimate of drug-likeness (QED) is 0.492. The fraction of sp³-hybridized carbons (Fsp3) is 0.0714. The summed E-state index contributed by atoms with van der Waals surface area (Å²) in [5.74, 6) is 5.84. The number of nitro benzene ring substituents is 1. The first-order valence-electron chi connectivity index (χ1n) is 6.48. The minimum Gasteiger partial charge on any atom is -0.310 e. The molecule has 110 valence electrons. The second-order valence-electron chi connectivity index (χ2n) is 4.51. The summed E-state index contributed by atoms with van der Waals surface area (Å²) in [5.41, 5.74) is 4.15. The van der Waals surface area contributed by atoms with Crippen LogP contribution in [0.5, 0.6) is 0 Å². The Kier molecular flexibility index (Phi) is 3.58. The number of pyridine rings is 1. The van der Waals surface area contributed by atoms with Gasteiger partial charge in [-0.05, 0) is 18.2 Å². The number of hydrazine groups is 1. The largest absolute Gasteiger partial charge is 0.310 e. The molecule has 0 aliphatic carbocycles. The van der Waals surface area contributed by atoms with E-state index in [2.05, 4.69) is 20.4 Å². The van der Waals surface area contributed by atoms with Crippen LogP contribution >= 0.6 is 0 Å². The number of nitro groups is 1. The van der Waals surface area contributed by atoms with Gasteiger partial charge in [-0.25, -0.2) is 10.8 Å².